The predicted molar refractivity (Wildman–Crippen MR) is 75.7 cm³/mol. The van der Waals surface area contributed by atoms with Crippen molar-refractivity contribution < 1.29 is 4.79 Å². The number of fused-ring (bicyclic) bond motifs is 1. The van der Waals surface area contributed by atoms with Crippen molar-refractivity contribution in [2.75, 3.05) is 5.32 Å². The summed E-state index contributed by atoms with van der Waals surface area (Å²) in [7, 11) is 0. The largest absolute Gasteiger partial charge is 0.326 e. The molecule has 2 nitrogen and oxygen atoms in total. The Morgan fingerprint density at radius 2 is 1.89 bits per heavy atom. The van der Waals surface area contributed by atoms with E-state index in [-0.39, 0.29) is 11.8 Å². The Morgan fingerprint density at radius 1 is 1.11 bits per heavy atom. The van der Waals surface area contributed by atoms with Gasteiger partial charge >= 0.3 is 0 Å². The van der Waals surface area contributed by atoms with Gasteiger partial charge in [-0.1, -0.05) is 46.3 Å². The molecule has 2 aromatic carbocycles. The van der Waals surface area contributed by atoms with Crippen LogP contribution in [0.5, 0.6) is 0 Å². The van der Waals surface area contributed by atoms with E-state index in [1.807, 2.05) is 30.3 Å². The molecule has 0 saturated carbocycles. The first-order valence-corrected chi connectivity index (χ1v) is 6.67. The summed E-state index contributed by atoms with van der Waals surface area (Å²) in [6.07, 6.45) is 0.507. The lowest BCUT2D eigenvalue weighted by molar-refractivity contribution is -0.116. The number of rotatable bonds is 1. The van der Waals surface area contributed by atoms with Crippen molar-refractivity contribution in [3.8, 4) is 0 Å². The van der Waals surface area contributed by atoms with Crippen LogP contribution in [0.2, 0.25) is 0 Å². The highest BCUT2D eigenvalue weighted by Crippen LogP contribution is 2.38. The van der Waals surface area contributed by atoms with Gasteiger partial charge in [-0.25, -0.2) is 0 Å². The average Bonchev–Trinajstić information content (AvgIpc) is 2.39. The van der Waals surface area contributed by atoms with Gasteiger partial charge < -0.3 is 5.32 Å². The summed E-state index contributed by atoms with van der Waals surface area (Å²) in [5.74, 6) is 0.228. The molecule has 90 valence electrons. The van der Waals surface area contributed by atoms with Crippen LogP contribution in [0.3, 0.4) is 0 Å². The van der Waals surface area contributed by atoms with Gasteiger partial charge in [0.15, 0.2) is 0 Å². The molecule has 3 rings (SSSR count). The van der Waals surface area contributed by atoms with Crippen LogP contribution in [0.25, 0.3) is 0 Å². The zero-order valence-electron chi connectivity index (χ0n) is 9.69. The lowest BCUT2D eigenvalue weighted by Crippen LogP contribution is -2.23. The molecule has 0 unspecified atom stereocenters. The number of carbonyl (C=O) groups is 1. The van der Waals surface area contributed by atoms with E-state index in [2.05, 4.69) is 39.4 Å². The molecule has 1 aliphatic heterocycles. The van der Waals surface area contributed by atoms with E-state index < -0.39 is 0 Å². The number of nitrogens with one attached hydrogen (secondary N) is 1. The van der Waals surface area contributed by atoms with E-state index >= 15 is 0 Å². The Kier molecular flexibility index (Phi) is 2.92. The third kappa shape index (κ3) is 2.06. The zero-order valence-corrected chi connectivity index (χ0v) is 11.3. The van der Waals surface area contributed by atoms with Crippen LogP contribution in [0, 0.1) is 0 Å². The van der Waals surface area contributed by atoms with Crippen LogP contribution in [0.15, 0.2) is 53.0 Å². The number of amides is 1. The molecule has 0 aliphatic carbocycles. The highest BCUT2D eigenvalue weighted by atomic mass is 79.9. The van der Waals surface area contributed by atoms with Crippen LogP contribution in [0.4, 0.5) is 5.69 Å². The van der Waals surface area contributed by atoms with Gasteiger partial charge in [-0.05, 0) is 29.3 Å². The van der Waals surface area contributed by atoms with Crippen molar-refractivity contribution in [3.05, 3.63) is 64.1 Å². The Hall–Kier alpha value is -1.61. The number of anilines is 1. The number of hydrogen-bond donors (Lipinski definition) is 1. The summed E-state index contributed by atoms with van der Waals surface area (Å²) in [5, 5.41) is 2.93. The van der Waals surface area contributed by atoms with Gasteiger partial charge in [0.2, 0.25) is 5.91 Å². The van der Waals surface area contributed by atoms with Crippen LogP contribution in [0.1, 0.15) is 23.5 Å². The average molecular weight is 302 g/mol. The maximum Gasteiger partial charge on any atom is 0.225 e. The SMILES string of the molecule is O=C1C[C@H](c2ccccc2)c2cc(Br)ccc2N1. The highest BCUT2D eigenvalue weighted by Gasteiger charge is 2.26. The zero-order chi connectivity index (χ0) is 12.5. The summed E-state index contributed by atoms with van der Waals surface area (Å²) in [6.45, 7) is 0. The first-order chi connectivity index (χ1) is 8.74. The van der Waals surface area contributed by atoms with E-state index in [1.165, 1.54) is 11.1 Å². The van der Waals surface area contributed by atoms with Gasteiger partial charge in [0, 0.05) is 22.5 Å². The Morgan fingerprint density at radius 3 is 2.67 bits per heavy atom. The Labute approximate surface area is 114 Å². The molecule has 0 aromatic heterocycles. The fourth-order valence-electron chi connectivity index (χ4n) is 2.42. The van der Waals surface area contributed by atoms with Gasteiger partial charge in [0.25, 0.3) is 0 Å². The minimum absolute atomic E-state index is 0.0821. The monoisotopic (exact) mass is 301 g/mol. The van der Waals surface area contributed by atoms with Gasteiger partial charge in [-0.2, -0.15) is 0 Å². The van der Waals surface area contributed by atoms with Gasteiger partial charge in [-0.15, -0.1) is 0 Å². The fourth-order valence-corrected chi connectivity index (χ4v) is 2.79. The molecular formula is C15H12BrNO. The lowest BCUT2D eigenvalue weighted by Gasteiger charge is -2.26. The van der Waals surface area contributed by atoms with Crippen molar-refractivity contribution in [1.29, 1.82) is 0 Å². The third-order valence-corrected chi connectivity index (χ3v) is 3.75. The second-order valence-electron chi connectivity index (χ2n) is 4.45. The van der Waals surface area contributed by atoms with Gasteiger partial charge in [0.1, 0.15) is 0 Å². The number of hydrogen-bond acceptors (Lipinski definition) is 1. The molecule has 0 saturated heterocycles. The quantitative estimate of drug-likeness (QED) is 0.850. The van der Waals surface area contributed by atoms with E-state index in [9.17, 15) is 4.79 Å². The van der Waals surface area contributed by atoms with E-state index in [1.54, 1.807) is 0 Å². The van der Waals surface area contributed by atoms with Crippen LogP contribution in [-0.2, 0) is 4.79 Å². The van der Waals surface area contributed by atoms with Crippen molar-refractivity contribution in [2.24, 2.45) is 0 Å². The molecular weight excluding hydrogens is 290 g/mol. The molecule has 0 spiro atoms. The van der Waals surface area contributed by atoms with E-state index in [0.717, 1.165) is 10.2 Å². The molecule has 0 radical (unpaired) electrons. The minimum Gasteiger partial charge on any atom is -0.326 e. The summed E-state index contributed by atoms with van der Waals surface area (Å²) in [4.78, 5) is 11.8. The Balaban J connectivity index is 2.12. The third-order valence-electron chi connectivity index (χ3n) is 3.25. The molecule has 1 N–H and O–H groups in total. The van der Waals surface area contributed by atoms with Crippen LogP contribution < -0.4 is 5.32 Å². The Bertz CT molecular complexity index is 595. The molecule has 0 fully saturated rings. The second-order valence-corrected chi connectivity index (χ2v) is 5.36. The number of halogens is 1. The summed E-state index contributed by atoms with van der Waals surface area (Å²) in [5.41, 5.74) is 3.28. The normalized spacial score (nSPS) is 18.1. The summed E-state index contributed by atoms with van der Waals surface area (Å²) >= 11 is 3.49. The minimum atomic E-state index is 0.0821. The molecule has 0 bridgehead atoms. The molecule has 1 amide bonds. The van der Waals surface area contributed by atoms with Crippen molar-refractivity contribution in [3.63, 3.8) is 0 Å². The van der Waals surface area contributed by atoms with Gasteiger partial charge in [0.05, 0.1) is 0 Å². The number of carbonyl (C=O) groups excluding carboxylic acids is 1. The first-order valence-electron chi connectivity index (χ1n) is 5.88. The van der Waals surface area contributed by atoms with Crippen molar-refractivity contribution in [1.82, 2.24) is 0 Å². The van der Waals surface area contributed by atoms with Gasteiger partial charge in [-0.3, -0.25) is 4.79 Å². The maximum absolute atomic E-state index is 11.8. The number of benzene rings is 2. The molecule has 1 heterocycles. The molecule has 3 heteroatoms. The van der Waals surface area contributed by atoms with Crippen LogP contribution in [-0.4, -0.2) is 5.91 Å². The fraction of sp³-hybridized carbons (Fsp3) is 0.133. The molecule has 2 aromatic rings. The summed E-state index contributed by atoms with van der Waals surface area (Å²) in [6, 6.07) is 16.2. The standard InChI is InChI=1S/C15H12BrNO/c16-11-6-7-14-13(8-11)12(9-15(18)17-14)10-4-2-1-3-5-10/h1-8,12H,9H2,(H,17,18)/t12-/m1/s1. The molecule has 1 atom stereocenters. The lowest BCUT2D eigenvalue weighted by atomic mass is 9.85. The van der Waals surface area contributed by atoms with E-state index in [0.29, 0.717) is 6.42 Å². The molecule has 18 heavy (non-hydrogen) atoms. The predicted octanol–water partition coefficient (Wildman–Crippen LogP) is 3.92. The summed E-state index contributed by atoms with van der Waals surface area (Å²) < 4.78 is 1.04. The first kappa shape index (κ1) is 11.5. The highest BCUT2D eigenvalue weighted by molar-refractivity contribution is 9.10. The topological polar surface area (TPSA) is 29.1 Å². The van der Waals surface area contributed by atoms with Crippen molar-refractivity contribution in [2.45, 2.75) is 12.3 Å². The maximum atomic E-state index is 11.8. The van der Waals surface area contributed by atoms with E-state index in [4.69, 9.17) is 0 Å². The van der Waals surface area contributed by atoms with Crippen LogP contribution >= 0.6 is 15.9 Å². The smallest absolute Gasteiger partial charge is 0.225 e. The second kappa shape index (κ2) is 4.58. The van der Waals surface area contributed by atoms with Crippen molar-refractivity contribution >= 4 is 27.5 Å². The molecule has 1 aliphatic rings.